The molecule has 0 bridgehead atoms. The SMILES string of the molecule is O=C(OC1CCCCC1)C1=CCC(C(=O)OC2CCCCC2)(S(=O)(=O)O)C=C1. The predicted molar refractivity (Wildman–Crippen MR) is 102 cm³/mol. The molecule has 2 saturated carbocycles. The molecule has 0 heterocycles. The number of rotatable bonds is 5. The Morgan fingerprint density at radius 3 is 1.93 bits per heavy atom. The Balaban J connectivity index is 1.69. The van der Waals surface area contributed by atoms with Gasteiger partial charge in [0.1, 0.15) is 12.2 Å². The quantitative estimate of drug-likeness (QED) is 0.545. The summed E-state index contributed by atoms with van der Waals surface area (Å²) in [6, 6.07) is 0. The van der Waals surface area contributed by atoms with E-state index >= 15 is 0 Å². The van der Waals surface area contributed by atoms with Crippen molar-refractivity contribution in [3.63, 3.8) is 0 Å². The Hall–Kier alpha value is -1.67. The number of hydrogen-bond acceptors (Lipinski definition) is 6. The first-order chi connectivity index (χ1) is 13.3. The van der Waals surface area contributed by atoms with Gasteiger partial charge in [0.05, 0.1) is 5.57 Å². The second-order valence-electron chi connectivity index (χ2n) is 7.89. The molecule has 28 heavy (non-hydrogen) atoms. The highest BCUT2D eigenvalue weighted by Crippen LogP contribution is 2.33. The van der Waals surface area contributed by atoms with Crippen LogP contribution in [0.15, 0.2) is 23.8 Å². The summed E-state index contributed by atoms with van der Waals surface area (Å²) in [4.78, 5) is 25.0. The van der Waals surface area contributed by atoms with Gasteiger partial charge in [0.25, 0.3) is 10.1 Å². The molecule has 1 unspecified atom stereocenters. The van der Waals surface area contributed by atoms with Gasteiger partial charge in [-0.3, -0.25) is 4.55 Å². The number of carbonyl (C=O) groups is 2. The molecule has 0 saturated heterocycles. The number of hydrogen-bond donors (Lipinski definition) is 1. The largest absolute Gasteiger partial charge is 0.461 e. The monoisotopic (exact) mass is 412 g/mol. The first-order valence-electron chi connectivity index (χ1n) is 10.1. The van der Waals surface area contributed by atoms with E-state index in [-0.39, 0.29) is 24.2 Å². The zero-order chi connectivity index (χ0) is 20.2. The summed E-state index contributed by atoms with van der Waals surface area (Å²) >= 11 is 0. The molecule has 3 rings (SSSR count). The van der Waals surface area contributed by atoms with Crippen LogP contribution in [-0.4, -0.2) is 41.9 Å². The van der Waals surface area contributed by atoms with Gasteiger partial charge in [-0.05, 0) is 63.5 Å². The van der Waals surface area contributed by atoms with Crippen LogP contribution in [0.4, 0.5) is 0 Å². The van der Waals surface area contributed by atoms with Crippen LogP contribution >= 0.6 is 0 Å². The molecule has 0 aliphatic heterocycles. The molecule has 0 aromatic rings. The van der Waals surface area contributed by atoms with Gasteiger partial charge in [-0.25, -0.2) is 9.59 Å². The molecule has 3 aliphatic rings. The highest BCUT2D eigenvalue weighted by Gasteiger charge is 2.51. The number of ether oxygens (including phenoxy) is 2. The second-order valence-corrected chi connectivity index (χ2v) is 9.57. The van der Waals surface area contributed by atoms with Crippen LogP contribution < -0.4 is 0 Å². The molecular weight excluding hydrogens is 384 g/mol. The van der Waals surface area contributed by atoms with Gasteiger partial charge in [0.2, 0.25) is 4.75 Å². The fourth-order valence-corrected chi connectivity index (χ4v) is 4.85. The molecule has 0 amide bonds. The fourth-order valence-electron chi connectivity index (χ4n) is 4.06. The molecule has 8 heteroatoms. The Kier molecular flexibility index (Phi) is 6.60. The molecule has 0 aromatic carbocycles. The smallest absolute Gasteiger partial charge is 0.338 e. The average Bonchev–Trinajstić information content (AvgIpc) is 2.68. The first-order valence-corrected chi connectivity index (χ1v) is 11.5. The van der Waals surface area contributed by atoms with E-state index in [4.69, 9.17) is 9.47 Å². The van der Waals surface area contributed by atoms with Crippen molar-refractivity contribution in [2.24, 2.45) is 0 Å². The van der Waals surface area contributed by atoms with Gasteiger partial charge in [0, 0.05) is 6.42 Å². The van der Waals surface area contributed by atoms with Crippen LogP contribution in [0.1, 0.15) is 70.6 Å². The highest BCUT2D eigenvalue weighted by molar-refractivity contribution is 7.88. The average molecular weight is 413 g/mol. The van der Waals surface area contributed by atoms with E-state index in [0.717, 1.165) is 57.4 Å². The van der Waals surface area contributed by atoms with Crippen molar-refractivity contribution in [3.8, 4) is 0 Å². The Morgan fingerprint density at radius 1 is 0.929 bits per heavy atom. The Labute approximate surface area is 165 Å². The van der Waals surface area contributed by atoms with E-state index in [1.165, 1.54) is 12.2 Å². The number of carbonyl (C=O) groups excluding carboxylic acids is 2. The van der Waals surface area contributed by atoms with E-state index in [0.29, 0.717) is 12.8 Å². The molecular formula is C20H28O7S. The van der Waals surface area contributed by atoms with E-state index in [1.54, 1.807) is 0 Å². The predicted octanol–water partition coefficient (Wildman–Crippen LogP) is 3.25. The van der Waals surface area contributed by atoms with Crippen molar-refractivity contribution in [2.75, 3.05) is 0 Å². The summed E-state index contributed by atoms with van der Waals surface area (Å²) < 4.78 is 42.5. The molecule has 2 fully saturated rings. The number of allylic oxidation sites excluding steroid dienone is 1. The summed E-state index contributed by atoms with van der Waals surface area (Å²) in [7, 11) is -4.77. The van der Waals surface area contributed by atoms with Crippen LogP contribution in [-0.2, 0) is 29.2 Å². The molecule has 156 valence electrons. The highest BCUT2D eigenvalue weighted by atomic mass is 32.2. The first kappa shape index (κ1) is 21.0. The van der Waals surface area contributed by atoms with Gasteiger partial charge in [-0.15, -0.1) is 0 Å². The molecule has 1 N–H and O–H groups in total. The number of esters is 2. The molecule has 0 aromatic heterocycles. The maximum absolute atomic E-state index is 12.7. The summed E-state index contributed by atoms with van der Waals surface area (Å²) in [6.45, 7) is 0. The van der Waals surface area contributed by atoms with Crippen molar-refractivity contribution >= 4 is 22.1 Å². The van der Waals surface area contributed by atoms with E-state index in [1.807, 2.05) is 0 Å². The minimum absolute atomic E-state index is 0.125. The van der Waals surface area contributed by atoms with Crippen LogP contribution in [0.5, 0.6) is 0 Å². The van der Waals surface area contributed by atoms with Crippen molar-refractivity contribution in [1.82, 2.24) is 0 Å². The van der Waals surface area contributed by atoms with Gasteiger partial charge < -0.3 is 9.47 Å². The van der Waals surface area contributed by atoms with Crippen molar-refractivity contribution in [1.29, 1.82) is 0 Å². The normalized spacial score (nSPS) is 27.1. The topological polar surface area (TPSA) is 107 Å². The summed E-state index contributed by atoms with van der Waals surface area (Å²) in [6.07, 6.45) is 11.9. The van der Waals surface area contributed by atoms with Crippen molar-refractivity contribution in [3.05, 3.63) is 23.8 Å². The Bertz CT molecular complexity index is 755. The lowest BCUT2D eigenvalue weighted by Crippen LogP contribution is -2.47. The van der Waals surface area contributed by atoms with Gasteiger partial charge in [-0.2, -0.15) is 8.42 Å². The second kappa shape index (κ2) is 8.78. The third kappa shape index (κ3) is 4.66. The lowest BCUT2D eigenvalue weighted by atomic mass is 9.94. The van der Waals surface area contributed by atoms with Crippen molar-refractivity contribution in [2.45, 2.75) is 87.6 Å². The third-order valence-corrected chi connectivity index (χ3v) is 7.24. The van der Waals surface area contributed by atoms with E-state index < -0.39 is 26.8 Å². The van der Waals surface area contributed by atoms with Crippen LogP contribution in [0.2, 0.25) is 0 Å². The summed E-state index contributed by atoms with van der Waals surface area (Å²) in [5, 5.41) is 0. The van der Waals surface area contributed by atoms with Gasteiger partial charge in [0.15, 0.2) is 0 Å². The molecule has 0 radical (unpaired) electrons. The van der Waals surface area contributed by atoms with Gasteiger partial charge >= 0.3 is 11.9 Å². The van der Waals surface area contributed by atoms with Crippen LogP contribution in [0.3, 0.4) is 0 Å². The van der Waals surface area contributed by atoms with E-state index in [9.17, 15) is 22.6 Å². The zero-order valence-electron chi connectivity index (χ0n) is 16.0. The Morgan fingerprint density at radius 2 is 1.46 bits per heavy atom. The minimum atomic E-state index is -4.77. The third-order valence-electron chi connectivity index (χ3n) is 5.85. The lowest BCUT2D eigenvalue weighted by molar-refractivity contribution is -0.152. The molecule has 7 nitrogen and oxygen atoms in total. The molecule has 3 aliphatic carbocycles. The van der Waals surface area contributed by atoms with E-state index in [2.05, 4.69) is 0 Å². The zero-order valence-corrected chi connectivity index (χ0v) is 16.8. The summed E-state index contributed by atoms with van der Waals surface area (Å²) in [5.41, 5.74) is 0.190. The fraction of sp³-hybridized carbons (Fsp3) is 0.700. The maximum Gasteiger partial charge on any atom is 0.338 e. The van der Waals surface area contributed by atoms with Crippen molar-refractivity contribution < 1.29 is 32.0 Å². The van der Waals surface area contributed by atoms with Crippen LogP contribution in [0, 0.1) is 0 Å². The summed E-state index contributed by atoms with van der Waals surface area (Å²) in [5.74, 6) is -1.53. The van der Waals surface area contributed by atoms with Crippen LogP contribution in [0.25, 0.3) is 0 Å². The lowest BCUT2D eigenvalue weighted by Gasteiger charge is -2.30. The molecule has 1 atom stereocenters. The molecule has 0 spiro atoms. The maximum atomic E-state index is 12.7. The standard InChI is InChI=1S/C20H28O7S/c21-18(26-16-7-3-1-4-8-16)15-11-13-20(14-12-15,28(23,24)25)19(22)27-17-9-5-2-6-10-17/h11-13,16-17H,1-10,14H2,(H,23,24,25). The van der Waals surface area contributed by atoms with Gasteiger partial charge in [-0.1, -0.05) is 18.9 Å². The minimum Gasteiger partial charge on any atom is -0.461 e.